The molecule has 1 heterocycles. The van der Waals surface area contributed by atoms with Crippen LogP contribution < -0.4 is 4.74 Å². The Bertz CT molecular complexity index is 581. The molecule has 0 aliphatic carbocycles. The first-order chi connectivity index (χ1) is 12.2. The van der Waals surface area contributed by atoms with E-state index in [1.807, 2.05) is 52.0 Å². The van der Waals surface area contributed by atoms with Crippen molar-refractivity contribution in [3.05, 3.63) is 29.8 Å². The Balaban J connectivity index is 2.43. The van der Waals surface area contributed by atoms with Crippen LogP contribution in [0, 0.1) is 23.7 Å². The third-order valence-electron chi connectivity index (χ3n) is 5.49. The molecular weight excluding hydrogens is 332 g/mol. The number of aliphatic hydroxyl groups is 2. The molecule has 146 valence electrons. The predicted octanol–water partition coefficient (Wildman–Crippen LogP) is 3.34. The van der Waals surface area contributed by atoms with Crippen LogP contribution in [-0.4, -0.2) is 35.5 Å². The minimum Gasteiger partial charge on any atom is -0.497 e. The second-order valence-corrected chi connectivity index (χ2v) is 8.00. The maximum atomic E-state index is 12.8. The first-order valence-corrected chi connectivity index (χ1v) is 9.45. The normalized spacial score (nSPS) is 30.5. The summed E-state index contributed by atoms with van der Waals surface area (Å²) in [7, 11) is 1.61. The van der Waals surface area contributed by atoms with Crippen LogP contribution >= 0.6 is 0 Å². The van der Waals surface area contributed by atoms with E-state index < -0.39 is 24.2 Å². The van der Waals surface area contributed by atoms with Gasteiger partial charge in [-0.25, -0.2) is 0 Å². The summed E-state index contributed by atoms with van der Waals surface area (Å²) >= 11 is 0. The van der Waals surface area contributed by atoms with E-state index in [0.29, 0.717) is 6.42 Å². The predicted molar refractivity (Wildman–Crippen MR) is 99.7 cm³/mol. The van der Waals surface area contributed by atoms with Crippen LogP contribution in [0.5, 0.6) is 5.75 Å². The summed E-state index contributed by atoms with van der Waals surface area (Å²) in [4.78, 5) is 12.8. The molecule has 1 aliphatic heterocycles. The summed E-state index contributed by atoms with van der Waals surface area (Å²) in [6.45, 7) is 7.97. The molecule has 5 heteroatoms. The van der Waals surface area contributed by atoms with E-state index in [1.165, 1.54) is 0 Å². The van der Waals surface area contributed by atoms with Gasteiger partial charge in [0.05, 0.1) is 25.2 Å². The number of aliphatic hydroxyl groups excluding tert-OH is 2. The summed E-state index contributed by atoms with van der Waals surface area (Å²) in [6, 6.07) is 7.49. The quantitative estimate of drug-likeness (QED) is 0.802. The third-order valence-corrected chi connectivity index (χ3v) is 5.49. The Morgan fingerprint density at radius 3 is 2.08 bits per heavy atom. The fourth-order valence-electron chi connectivity index (χ4n) is 3.65. The molecule has 1 aromatic rings. The Labute approximate surface area is 156 Å². The van der Waals surface area contributed by atoms with Gasteiger partial charge in [0.1, 0.15) is 11.9 Å². The highest BCUT2D eigenvalue weighted by molar-refractivity contribution is 5.73. The minimum absolute atomic E-state index is 0.0245. The highest BCUT2D eigenvalue weighted by Gasteiger charge is 2.39. The first-order valence-electron chi connectivity index (χ1n) is 9.45. The smallest absolute Gasteiger partial charge is 0.309 e. The highest BCUT2D eigenvalue weighted by Crippen LogP contribution is 2.39. The average molecular weight is 364 g/mol. The lowest BCUT2D eigenvalue weighted by Crippen LogP contribution is -2.33. The topological polar surface area (TPSA) is 76.0 Å². The highest BCUT2D eigenvalue weighted by atomic mass is 16.5. The summed E-state index contributed by atoms with van der Waals surface area (Å²) < 4.78 is 11.2. The summed E-state index contributed by atoms with van der Waals surface area (Å²) in [5.41, 5.74) is 0.879. The van der Waals surface area contributed by atoms with Crippen LogP contribution in [-0.2, 0) is 9.53 Å². The first kappa shape index (κ1) is 20.7. The molecule has 0 spiro atoms. The monoisotopic (exact) mass is 364 g/mol. The van der Waals surface area contributed by atoms with Crippen LogP contribution in [0.1, 0.15) is 52.2 Å². The number of benzene rings is 1. The number of hydrogen-bond acceptors (Lipinski definition) is 5. The van der Waals surface area contributed by atoms with Crippen molar-refractivity contribution in [2.45, 2.75) is 58.8 Å². The number of carbonyl (C=O) groups excluding carboxylic acids is 1. The van der Waals surface area contributed by atoms with E-state index in [4.69, 9.17) is 9.47 Å². The van der Waals surface area contributed by atoms with Gasteiger partial charge in [0.25, 0.3) is 0 Å². The van der Waals surface area contributed by atoms with Crippen molar-refractivity contribution in [1.82, 2.24) is 0 Å². The molecule has 26 heavy (non-hydrogen) atoms. The fraction of sp³-hybridized carbons (Fsp3) is 0.667. The summed E-state index contributed by atoms with van der Waals surface area (Å²) in [5, 5.41) is 20.9. The van der Waals surface area contributed by atoms with Crippen molar-refractivity contribution in [2.75, 3.05) is 7.11 Å². The van der Waals surface area contributed by atoms with Gasteiger partial charge < -0.3 is 19.7 Å². The standard InChI is InChI=1S/C21H32O5/c1-12(2)16-10-18(22)19(23)11-17(13(3)4)21(24)26-20(16)14-6-8-15(25-5)9-7-14/h6-9,12-13,16-20,22-23H,10-11H2,1-5H3/t16-,17-,18-,19+,20-/m0/s1. The number of methoxy groups -OCH3 is 1. The molecule has 5 atom stereocenters. The summed E-state index contributed by atoms with van der Waals surface area (Å²) in [5.74, 6) is 0.0948. The van der Waals surface area contributed by atoms with Gasteiger partial charge in [0, 0.05) is 5.92 Å². The maximum absolute atomic E-state index is 12.8. The number of hydrogen-bond donors (Lipinski definition) is 2. The van der Waals surface area contributed by atoms with E-state index in [1.54, 1.807) is 7.11 Å². The molecule has 1 saturated heterocycles. The number of esters is 1. The number of rotatable bonds is 4. The fourth-order valence-corrected chi connectivity index (χ4v) is 3.65. The largest absolute Gasteiger partial charge is 0.497 e. The van der Waals surface area contributed by atoms with Crippen LogP contribution in [0.4, 0.5) is 0 Å². The molecule has 0 radical (unpaired) electrons. The van der Waals surface area contributed by atoms with Crippen molar-refractivity contribution in [3.63, 3.8) is 0 Å². The molecule has 1 aliphatic rings. The van der Waals surface area contributed by atoms with E-state index in [2.05, 4.69) is 0 Å². The Morgan fingerprint density at radius 1 is 1.00 bits per heavy atom. The zero-order chi connectivity index (χ0) is 19.4. The van der Waals surface area contributed by atoms with E-state index in [9.17, 15) is 15.0 Å². The molecule has 1 aromatic carbocycles. The van der Waals surface area contributed by atoms with Crippen LogP contribution in [0.2, 0.25) is 0 Å². The van der Waals surface area contributed by atoms with Gasteiger partial charge in [0.2, 0.25) is 0 Å². The minimum atomic E-state index is -0.925. The van der Waals surface area contributed by atoms with E-state index >= 15 is 0 Å². The molecule has 0 bridgehead atoms. The number of cyclic esters (lactones) is 1. The third kappa shape index (κ3) is 4.77. The molecular formula is C21H32O5. The van der Waals surface area contributed by atoms with Gasteiger partial charge in [-0.15, -0.1) is 0 Å². The van der Waals surface area contributed by atoms with Gasteiger partial charge >= 0.3 is 5.97 Å². The van der Waals surface area contributed by atoms with Crippen LogP contribution in [0.25, 0.3) is 0 Å². The molecule has 0 saturated carbocycles. The zero-order valence-electron chi connectivity index (χ0n) is 16.4. The molecule has 0 unspecified atom stereocenters. The second-order valence-electron chi connectivity index (χ2n) is 8.00. The van der Waals surface area contributed by atoms with Gasteiger partial charge in [-0.05, 0) is 42.4 Å². The average Bonchev–Trinajstić information content (AvgIpc) is 2.65. The Morgan fingerprint density at radius 2 is 1.58 bits per heavy atom. The number of ether oxygens (including phenoxy) is 2. The molecule has 2 rings (SSSR count). The van der Waals surface area contributed by atoms with Crippen molar-refractivity contribution < 1.29 is 24.5 Å². The van der Waals surface area contributed by atoms with Crippen molar-refractivity contribution >= 4 is 5.97 Å². The van der Waals surface area contributed by atoms with Crippen LogP contribution in [0.15, 0.2) is 24.3 Å². The molecule has 2 N–H and O–H groups in total. The lowest BCUT2D eigenvalue weighted by atomic mass is 9.81. The van der Waals surface area contributed by atoms with Crippen molar-refractivity contribution in [3.8, 4) is 5.75 Å². The van der Waals surface area contributed by atoms with E-state index in [-0.39, 0.29) is 30.1 Å². The molecule has 1 fully saturated rings. The van der Waals surface area contributed by atoms with Gasteiger partial charge in [-0.3, -0.25) is 4.79 Å². The zero-order valence-corrected chi connectivity index (χ0v) is 16.4. The summed E-state index contributed by atoms with van der Waals surface area (Å²) in [6.07, 6.45) is -1.66. The van der Waals surface area contributed by atoms with E-state index in [0.717, 1.165) is 11.3 Å². The lowest BCUT2D eigenvalue weighted by Gasteiger charge is -2.32. The van der Waals surface area contributed by atoms with Crippen molar-refractivity contribution in [2.24, 2.45) is 23.7 Å². The van der Waals surface area contributed by atoms with Crippen LogP contribution in [0.3, 0.4) is 0 Å². The second kappa shape index (κ2) is 8.87. The number of carbonyl (C=O) groups is 1. The van der Waals surface area contributed by atoms with Gasteiger partial charge in [-0.1, -0.05) is 39.8 Å². The Kier molecular flexibility index (Phi) is 7.07. The van der Waals surface area contributed by atoms with Crippen molar-refractivity contribution in [1.29, 1.82) is 0 Å². The van der Waals surface area contributed by atoms with Gasteiger partial charge in [-0.2, -0.15) is 0 Å². The molecule has 0 aromatic heterocycles. The Hall–Kier alpha value is -1.59. The SMILES string of the molecule is COc1ccc([C@@H]2OC(=O)[C@H](C(C)C)C[C@@H](O)[C@@H](O)C[C@H]2C(C)C)cc1. The maximum Gasteiger partial charge on any atom is 0.309 e. The molecule has 0 amide bonds. The van der Waals surface area contributed by atoms with Gasteiger partial charge in [0.15, 0.2) is 0 Å². The molecule has 5 nitrogen and oxygen atoms in total. The lowest BCUT2D eigenvalue weighted by molar-refractivity contribution is -0.160.